The summed E-state index contributed by atoms with van der Waals surface area (Å²) in [6, 6.07) is 6.48. The van der Waals surface area contributed by atoms with E-state index in [0.717, 1.165) is 5.76 Å². The smallest absolute Gasteiger partial charge is 0.128 e. The van der Waals surface area contributed by atoms with Gasteiger partial charge in [-0.25, -0.2) is 0 Å². The van der Waals surface area contributed by atoms with Crippen LogP contribution in [0, 0.1) is 13.8 Å². The Hall–Kier alpha value is -1.06. The summed E-state index contributed by atoms with van der Waals surface area (Å²) in [6.07, 6.45) is 1.75. The van der Waals surface area contributed by atoms with E-state index in [0.29, 0.717) is 0 Å². The molecule has 2 aromatic heterocycles. The van der Waals surface area contributed by atoms with Gasteiger partial charge in [0.1, 0.15) is 11.8 Å². The minimum absolute atomic E-state index is 0.179. The van der Waals surface area contributed by atoms with E-state index < -0.39 is 0 Å². The fraction of sp³-hybridized carbons (Fsp3) is 0.333. The van der Waals surface area contributed by atoms with Gasteiger partial charge in [0.2, 0.25) is 0 Å². The number of aryl methyl sites for hydroxylation is 2. The highest BCUT2D eigenvalue weighted by Crippen LogP contribution is 2.30. The molecule has 2 heterocycles. The highest BCUT2D eigenvalue weighted by atomic mass is 32.1. The Kier molecular flexibility index (Phi) is 2.93. The number of hydrogen-bond donors (Lipinski definition) is 1. The summed E-state index contributed by atoms with van der Waals surface area (Å²) >= 11 is 1.80. The Bertz CT molecular complexity index is 444. The predicted octanol–water partition coefficient (Wildman–Crippen LogP) is 3.27. The van der Waals surface area contributed by atoms with Crippen LogP contribution in [-0.4, -0.2) is 7.05 Å². The molecule has 0 spiro atoms. The van der Waals surface area contributed by atoms with Crippen molar-refractivity contribution in [2.24, 2.45) is 0 Å². The van der Waals surface area contributed by atoms with Gasteiger partial charge in [-0.3, -0.25) is 0 Å². The molecule has 0 radical (unpaired) electrons. The maximum atomic E-state index is 5.53. The van der Waals surface area contributed by atoms with E-state index in [4.69, 9.17) is 4.42 Å². The van der Waals surface area contributed by atoms with Gasteiger partial charge in [0.05, 0.1) is 6.26 Å². The van der Waals surface area contributed by atoms with Crippen molar-refractivity contribution in [3.63, 3.8) is 0 Å². The van der Waals surface area contributed by atoms with Gasteiger partial charge in [-0.2, -0.15) is 0 Å². The van der Waals surface area contributed by atoms with Crippen molar-refractivity contribution >= 4 is 11.3 Å². The lowest BCUT2D eigenvalue weighted by Crippen LogP contribution is -2.16. The van der Waals surface area contributed by atoms with Gasteiger partial charge in [0.15, 0.2) is 0 Å². The van der Waals surface area contributed by atoms with Crippen molar-refractivity contribution in [3.05, 3.63) is 45.5 Å². The van der Waals surface area contributed by atoms with E-state index in [9.17, 15) is 0 Å². The molecule has 15 heavy (non-hydrogen) atoms. The fourth-order valence-corrected chi connectivity index (χ4v) is 2.68. The minimum Gasteiger partial charge on any atom is -0.467 e. The predicted molar refractivity (Wildman–Crippen MR) is 63.4 cm³/mol. The molecule has 0 aliphatic rings. The first-order valence-corrected chi connectivity index (χ1v) is 5.81. The molecule has 3 heteroatoms. The lowest BCUT2D eigenvalue weighted by Gasteiger charge is -2.12. The van der Waals surface area contributed by atoms with Crippen LogP contribution in [0.15, 0.2) is 28.9 Å². The molecule has 1 atom stereocenters. The Labute approximate surface area is 93.9 Å². The van der Waals surface area contributed by atoms with E-state index in [1.807, 2.05) is 13.1 Å². The van der Waals surface area contributed by atoms with Crippen LogP contribution in [0.1, 0.15) is 27.1 Å². The van der Waals surface area contributed by atoms with Crippen molar-refractivity contribution in [2.45, 2.75) is 19.9 Å². The van der Waals surface area contributed by atoms with Crippen LogP contribution in [0.4, 0.5) is 0 Å². The number of nitrogens with one attached hydrogen (secondary N) is 1. The molecule has 2 nitrogen and oxygen atoms in total. The number of rotatable bonds is 3. The molecule has 1 unspecified atom stereocenters. The molecular formula is C12H15NOS. The van der Waals surface area contributed by atoms with Crippen LogP contribution in [-0.2, 0) is 0 Å². The van der Waals surface area contributed by atoms with Crippen LogP contribution < -0.4 is 5.32 Å². The fourth-order valence-electron chi connectivity index (χ4n) is 1.69. The number of thiophene rings is 1. The first-order chi connectivity index (χ1) is 7.22. The first kappa shape index (κ1) is 10.5. The van der Waals surface area contributed by atoms with Gasteiger partial charge in [-0.15, -0.1) is 11.3 Å². The number of furan rings is 1. The Morgan fingerprint density at radius 3 is 2.53 bits per heavy atom. The molecule has 0 aliphatic carbocycles. The Morgan fingerprint density at radius 2 is 2.07 bits per heavy atom. The van der Waals surface area contributed by atoms with Gasteiger partial charge in [0.25, 0.3) is 0 Å². The second-order valence-corrected chi connectivity index (χ2v) is 4.96. The first-order valence-electron chi connectivity index (χ1n) is 5.00. The summed E-state index contributed by atoms with van der Waals surface area (Å²) in [4.78, 5) is 2.63. The molecule has 0 aromatic carbocycles. The van der Waals surface area contributed by atoms with E-state index in [1.54, 1.807) is 17.6 Å². The summed E-state index contributed by atoms with van der Waals surface area (Å²) in [6.45, 7) is 4.19. The minimum atomic E-state index is 0.179. The molecule has 2 aromatic rings. The zero-order valence-corrected chi connectivity index (χ0v) is 10.0. The van der Waals surface area contributed by atoms with Gasteiger partial charge in [-0.1, -0.05) is 0 Å². The largest absolute Gasteiger partial charge is 0.467 e. The van der Waals surface area contributed by atoms with Gasteiger partial charge < -0.3 is 9.73 Å². The highest BCUT2D eigenvalue weighted by molar-refractivity contribution is 7.12. The molecule has 0 amide bonds. The molecule has 80 valence electrons. The maximum Gasteiger partial charge on any atom is 0.128 e. The summed E-state index contributed by atoms with van der Waals surface area (Å²) in [5.74, 6) is 1.01. The second-order valence-electron chi connectivity index (χ2n) is 3.64. The zero-order valence-electron chi connectivity index (χ0n) is 9.20. The standard InChI is InChI=1S/C12H15NOS/c1-8-6-7-14-12(8)11(13-3)10-5-4-9(2)15-10/h4-7,11,13H,1-3H3. The zero-order chi connectivity index (χ0) is 10.8. The lowest BCUT2D eigenvalue weighted by atomic mass is 10.1. The van der Waals surface area contributed by atoms with Crippen LogP contribution in [0.2, 0.25) is 0 Å². The SMILES string of the molecule is CNC(c1ccc(C)s1)c1occc1C. The van der Waals surface area contributed by atoms with Crippen molar-refractivity contribution in [2.75, 3.05) is 7.05 Å². The third-order valence-electron chi connectivity index (χ3n) is 2.50. The molecule has 1 N–H and O–H groups in total. The molecule has 0 fully saturated rings. The molecular weight excluding hydrogens is 206 g/mol. The van der Waals surface area contributed by atoms with E-state index in [2.05, 4.69) is 31.3 Å². The monoisotopic (exact) mass is 221 g/mol. The Balaban J connectivity index is 2.36. The molecule has 0 saturated carbocycles. The summed E-state index contributed by atoms with van der Waals surface area (Å²) in [5, 5.41) is 3.29. The molecule has 2 rings (SSSR count). The quantitative estimate of drug-likeness (QED) is 0.860. The third kappa shape index (κ3) is 1.98. The van der Waals surface area contributed by atoms with Crippen molar-refractivity contribution in [1.82, 2.24) is 5.32 Å². The van der Waals surface area contributed by atoms with Crippen LogP contribution >= 0.6 is 11.3 Å². The van der Waals surface area contributed by atoms with Crippen LogP contribution in [0.25, 0.3) is 0 Å². The summed E-state index contributed by atoms with van der Waals surface area (Å²) < 4.78 is 5.53. The maximum absolute atomic E-state index is 5.53. The van der Waals surface area contributed by atoms with Gasteiger partial charge in [-0.05, 0) is 44.7 Å². The number of hydrogen-bond acceptors (Lipinski definition) is 3. The van der Waals surface area contributed by atoms with Crippen LogP contribution in [0.3, 0.4) is 0 Å². The van der Waals surface area contributed by atoms with Gasteiger partial charge in [0, 0.05) is 9.75 Å². The van der Waals surface area contributed by atoms with E-state index in [-0.39, 0.29) is 6.04 Å². The average molecular weight is 221 g/mol. The molecule has 0 bridgehead atoms. The van der Waals surface area contributed by atoms with Crippen molar-refractivity contribution in [3.8, 4) is 0 Å². The normalized spacial score (nSPS) is 13.0. The van der Waals surface area contributed by atoms with E-state index >= 15 is 0 Å². The Morgan fingerprint density at radius 1 is 1.27 bits per heavy atom. The molecule has 0 saturated heterocycles. The second kappa shape index (κ2) is 4.21. The van der Waals surface area contributed by atoms with Crippen molar-refractivity contribution < 1.29 is 4.42 Å². The third-order valence-corrected chi connectivity index (χ3v) is 3.56. The van der Waals surface area contributed by atoms with Crippen molar-refractivity contribution in [1.29, 1.82) is 0 Å². The average Bonchev–Trinajstić information content (AvgIpc) is 2.79. The summed E-state index contributed by atoms with van der Waals surface area (Å²) in [7, 11) is 1.96. The topological polar surface area (TPSA) is 25.2 Å². The summed E-state index contributed by atoms with van der Waals surface area (Å²) in [5.41, 5.74) is 1.19. The highest BCUT2D eigenvalue weighted by Gasteiger charge is 2.18. The lowest BCUT2D eigenvalue weighted by molar-refractivity contribution is 0.463. The van der Waals surface area contributed by atoms with E-state index in [1.165, 1.54) is 15.3 Å². The van der Waals surface area contributed by atoms with Crippen LogP contribution in [0.5, 0.6) is 0 Å². The molecule has 0 aliphatic heterocycles. The van der Waals surface area contributed by atoms with Gasteiger partial charge >= 0.3 is 0 Å².